The summed E-state index contributed by atoms with van der Waals surface area (Å²) in [5, 5.41) is 53.2. The van der Waals surface area contributed by atoms with E-state index in [4.69, 9.17) is 28.8 Å². The van der Waals surface area contributed by atoms with E-state index in [1.54, 1.807) is 42.5 Å². The molecule has 1 aromatic rings. The summed E-state index contributed by atoms with van der Waals surface area (Å²) in [6.45, 7) is -0.702. The van der Waals surface area contributed by atoms with Gasteiger partial charge in [-0.2, -0.15) is 0 Å². The molecule has 2 fully saturated rings. The third-order valence-electron chi connectivity index (χ3n) is 7.30. The minimum Gasteiger partial charge on any atom is -0.456 e. The van der Waals surface area contributed by atoms with Crippen molar-refractivity contribution in [2.45, 2.75) is 61.9 Å². The Bertz CT molecular complexity index is 1210. The van der Waals surface area contributed by atoms with E-state index in [-0.39, 0.29) is 57.4 Å². The largest absolute Gasteiger partial charge is 0.456 e. The molecule has 2 amide bonds. The second-order valence-electron chi connectivity index (χ2n) is 10.3. The first-order chi connectivity index (χ1) is 21.2. The molecule has 2 heterocycles. The fraction of sp³-hybridized carbons (Fsp3) is 0.552. The van der Waals surface area contributed by atoms with E-state index in [9.17, 15) is 34.8 Å². The van der Waals surface area contributed by atoms with Crippen LogP contribution in [-0.2, 0) is 33.3 Å². The maximum Gasteiger partial charge on any atom is 0.339 e. The molecule has 4 rings (SSSR count). The number of fused-ring (bicyclic) bond motifs is 1. The molecule has 0 bridgehead atoms. The summed E-state index contributed by atoms with van der Waals surface area (Å²) in [5.74, 6) is -1.41. The minimum absolute atomic E-state index is 0.0287. The van der Waals surface area contributed by atoms with E-state index in [1.807, 2.05) is 0 Å². The van der Waals surface area contributed by atoms with Crippen LogP contribution in [0.5, 0.6) is 0 Å². The summed E-state index contributed by atoms with van der Waals surface area (Å²) in [6.07, 6.45) is -4.21. The van der Waals surface area contributed by atoms with Crippen molar-refractivity contribution >= 4 is 23.9 Å². The molecule has 242 valence electrons. The Balaban J connectivity index is 1.34. The van der Waals surface area contributed by atoms with Crippen LogP contribution in [0.2, 0.25) is 0 Å². The zero-order chi connectivity index (χ0) is 31.6. The van der Waals surface area contributed by atoms with Gasteiger partial charge in [-0.15, -0.1) is 0 Å². The highest BCUT2D eigenvalue weighted by Crippen LogP contribution is 2.31. The smallest absolute Gasteiger partial charge is 0.339 e. The van der Waals surface area contributed by atoms with Crippen LogP contribution in [0.4, 0.5) is 0 Å². The van der Waals surface area contributed by atoms with E-state index in [1.165, 1.54) is 0 Å². The van der Waals surface area contributed by atoms with Gasteiger partial charge in [0.25, 0.3) is 0 Å². The zero-order valence-corrected chi connectivity index (χ0v) is 23.8. The van der Waals surface area contributed by atoms with Gasteiger partial charge in [0.05, 0.1) is 25.4 Å². The van der Waals surface area contributed by atoms with Gasteiger partial charge in [0.1, 0.15) is 49.5 Å². The number of carbonyl (C=O) groups is 3. The molecule has 1 aliphatic carbocycles. The third-order valence-corrected chi connectivity index (χ3v) is 7.30. The summed E-state index contributed by atoms with van der Waals surface area (Å²) >= 11 is 0. The minimum atomic E-state index is -1.57. The zero-order valence-electron chi connectivity index (χ0n) is 23.8. The molecule has 7 N–H and O–H groups in total. The SMILES string of the molecule is O=C(CCNC(=O)C1=CC2OCOC2C(OC(=O)c2ccccc2C=CCOC2OC(CO)C(O)C(O)C2O)C1)NCCO. The highest BCUT2D eigenvalue weighted by molar-refractivity contribution is 5.95. The number of esters is 1. The van der Waals surface area contributed by atoms with Crippen LogP contribution < -0.4 is 10.6 Å². The second-order valence-corrected chi connectivity index (χ2v) is 10.3. The van der Waals surface area contributed by atoms with Crippen molar-refractivity contribution in [3.05, 3.63) is 53.1 Å². The van der Waals surface area contributed by atoms with Crippen LogP contribution in [0.25, 0.3) is 6.08 Å². The second kappa shape index (κ2) is 16.2. The molecular formula is C29H38N2O13. The Labute approximate surface area is 253 Å². The Morgan fingerprint density at radius 3 is 2.57 bits per heavy atom. The molecule has 1 aromatic carbocycles. The number of carbonyl (C=O) groups excluding carboxylic acids is 3. The first kappa shape index (κ1) is 33.6. The number of nitrogens with one attached hydrogen (secondary N) is 2. The van der Waals surface area contributed by atoms with Gasteiger partial charge >= 0.3 is 5.97 Å². The number of rotatable bonds is 13. The predicted octanol–water partition coefficient (Wildman–Crippen LogP) is -2.27. The number of amides is 2. The predicted molar refractivity (Wildman–Crippen MR) is 149 cm³/mol. The van der Waals surface area contributed by atoms with Gasteiger partial charge in [-0.05, 0) is 17.7 Å². The lowest BCUT2D eigenvalue weighted by Gasteiger charge is -2.39. The summed E-state index contributed by atoms with van der Waals surface area (Å²) < 4.78 is 27.8. The van der Waals surface area contributed by atoms with E-state index in [2.05, 4.69) is 10.6 Å². The number of ether oxygens (including phenoxy) is 5. The molecule has 8 unspecified atom stereocenters. The van der Waals surface area contributed by atoms with Gasteiger partial charge in [-0.3, -0.25) is 9.59 Å². The monoisotopic (exact) mass is 622 g/mol. The van der Waals surface area contributed by atoms with Crippen molar-refractivity contribution in [1.29, 1.82) is 0 Å². The molecule has 0 spiro atoms. The Morgan fingerprint density at radius 2 is 1.80 bits per heavy atom. The molecule has 2 saturated heterocycles. The topological polar surface area (TPSA) is 223 Å². The normalized spacial score (nSPS) is 30.0. The summed E-state index contributed by atoms with van der Waals surface area (Å²) in [7, 11) is 0. The molecule has 44 heavy (non-hydrogen) atoms. The van der Waals surface area contributed by atoms with Gasteiger partial charge in [0.2, 0.25) is 11.8 Å². The van der Waals surface area contributed by atoms with Crippen LogP contribution >= 0.6 is 0 Å². The maximum atomic E-state index is 13.3. The lowest BCUT2D eigenvalue weighted by Crippen LogP contribution is -2.59. The van der Waals surface area contributed by atoms with Crippen LogP contribution in [0.15, 0.2) is 42.0 Å². The van der Waals surface area contributed by atoms with Crippen LogP contribution in [-0.4, -0.2) is 132 Å². The van der Waals surface area contributed by atoms with Gasteiger partial charge < -0.3 is 59.9 Å². The molecule has 0 saturated carbocycles. The molecular weight excluding hydrogens is 584 g/mol. The molecule has 15 nitrogen and oxygen atoms in total. The average molecular weight is 623 g/mol. The molecule has 8 atom stereocenters. The molecule has 15 heteroatoms. The standard InChI is InChI=1S/C29H38N2O13/c32-10-9-30-22(34)7-8-31-27(38)17-12-19-26(42-15-41-19)20(13-17)43-28(39)18-6-2-1-4-16(18)5-3-11-40-29-25(37)24(36)23(35)21(14-33)44-29/h1-6,12,19-21,23-26,29,32-33,35-37H,7-11,13-15H2,(H,30,34)(H,31,38). The van der Waals surface area contributed by atoms with E-state index in [0.717, 1.165) is 0 Å². The van der Waals surface area contributed by atoms with Gasteiger partial charge in [-0.1, -0.05) is 30.4 Å². The van der Waals surface area contributed by atoms with Gasteiger partial charge in [0.15, 0.2) is 6.29 Å². The Hall–Kier alpha value is -3.25. The number of hydrogen-bond acceptors (Lipinski definition) is 13. The number of aliphatic hydroxyl groups excluding tert-OH is 5. The average Bonchev–Trinajstić information content (AvgIpc) is 3.51. The lowest BCUT2D eigenvalue weighted by atomic mass is 9.91. The first-order valence-electron chi connectivity index (χ1n) is 14.2. The van der Waals surface area contributed by atoms with Crippen molar-refractivity contribution < 1.29 is 63.6 Å². The van der Waals surface area contributed by atoms with Gasteiger partial charge in [0, 0.05) is 31.5 Å². The summed E-state index contributed by atoms with van der Waals surface area (Å²) in [4.78, 5) is 37.8. The van der Waals surface area contributed by atoms with Crippen molar-refractivity contribution in [1.82, 2.24) is 10.6 Å². The van der Waals surface area contributed by atoms with E-state index >= 15 is 0 Å². The third kappa shape index (κ3) is 8.47. The highest BCUT2D eigenvalue weighted by Gasteiger charge is 2.44. The van der Waals surface area contributed by atoms with Crippen LogP contribution in [0, 0.1) is 0 Å². The lowest BCUT2D eigenvalue weighted by molar-refractivity contribution is -0.298. The van der Waals surface area contributed by atoms with Crippen LogP contribution in [0.3, 0.4) is 0 Å². The highest BCUT2D eigenvalue weighted by atomic mass is 16.7. The molecule has 2 aliphatic heterocycles. The van der Waals surface area contributed by atoms with Crippen LogP contribution in [0.1, 0.15) is 28.8 Å². The summed E-state index contributed by atoms with van der Waals surface area (Å²) in [6, 6.07) is 6.62. The van der Waals surface area contributed by atoms with Crippen molar-refractivity contribution in [3.63, 3.8) is 0 Å². The first-order valence-corrected chi connectivity index (χ1v) is 14.2. The number of benzene rings is 1. The quantitative estimate of drug-likeness (QED) is 0.115. The molecule has 0 radical (unpaired) electrons. The maximum absolute atomic E-state index is 13.3. The van der Waals surface area contributed by atoms with E-state index in [0.29, 0.717) is 11.1 Å². The number of hydrogen-bond donors (Lipinski definition) is 7. The van der Waals surface area contributed by atoms with Crippen molar-refractivity contribution in [2.24, 2.45) is 0 Å². The Kier molecular flexibility index (Phi) is 12.4. The molecule has 3 aliphatic rings. The summed E-state index contributed by atoms with van der Waals surface area (Å²) in [5.41, 5.74) is 1.03. The van der Waals surface area contributed by atoms with Crippen molar-refractivity contribution in [3.8, 4) is 0 Å². The number of aliphatic hydroxyl groups is 5. The Morgan fingerprint density at radius 1 is 1.00 bits per heavy atom. The fourth-order valence-corrected chi connectivity index (χ4v) is 4.97. The van der Waals surface area contributed by atoms with Crippen molar-refractivity contribution in [2.75, 3.05) is 39.7 Å². The fourth-order valence-electron chi connectivity index (χ4n) is 4.97. The molecule has 0 aromatic heterocycles. The van der Waals surface area contributed by atoms with Gasteiger partial charge in [-0.25, -0.2) is 4.79 Å². The van der Waals surface area contributed by atoms with E-state index < -0.39 is 67.5 Å².